The van der Waals surface area contributed by atoms with Gasteiger partial charge >= 0.3 is 12.1 Å². The Balaban J connectivity index is 0.000000216. The highest BCUT2D eigenvalue weighted by molar-refractivity contribution is 5.90. The maximum absolute atomic E-state index is 12.2. The zero-order valence-corrected chi connectivity index (χ0v) is 44.1. The minimum atomic E-state index is -0.915. The first kappa shape index (κ1) is 55.3. The largest absolute Gasteiger partial charge is 0.397 e. The van der Waals surface area contributed by atoms with E-state index >= 15 is 0 Å². The molecule has 4 heterocycles. The molecule has 74 heavy (non-hydrogen) atoms. The number of fused-ring (bicyclic) bond motifs is 2. The third-order valence-corrected chi connectivity index (χ3v) is 14.4. The lowest BCUT2D eigenvalue weighted by molar-refractivity contribution is 0.00164. The van der Waals surface area contributed by atoms with Crippen molar-refractivity contribution in [2.75, 3.05) is 75.5 Å². The number of nitrogen functional groups attached to an aromatic ring is 2. The molecule has 0 radical (unpaired) electrons. The number of aliphatic hydroxyl groups is 4. The maximum Gasteiger partial charge on any atom is 0.319 e. The zero-order valence-electron chi connectivity index (χ0n) is 44.1. The lowest BCUT2D eigenvalue weighted by Gasteiger charge is -2.23. The Morgan fingerprint density at radius 1 is 0.581 bits per heavy atom. The molecular weight excluding hydrogens is 941 g/mol. The number of aliphatic hydroxyl groups excluding tert-OH is 4. The number of imidazole rings is 2. The third-order valence-electron chi connectivity index (χ3n) is 14.4. The Labute approximate surface area is 434 Å². The first-order valence-electron chi connectivity index (χ1n) is 25.6. The SMILES string of the molecule is CN(CCCNC(=O)Nc1ccc(C(C)(C)C)cc1)C[C@@H]1C[C@@H](n2cnc3c(N)ccnc32)[C@H](O)[C@@H]1O.CN(CCCNC(=O)Nc1ccc(C(C)(C)C)cc1)C[C@H]1C[C@@H](n2cnc3c(N)ccnc32)[C@H](O)[C@@H]1O. The molecule has 0 saturated heterocycles. The average molecular weight is 1020 g/mol. The number of anilines is 4. The van der Waals surface area contributed by atoms with E-state index in [-0.39, 0.29) is 46.8 Å². The van der Waals surface area contributed by atoms with Crippen LogP contribution in [0, 0.1) is 11.8 Å². The van der Waals surface area contributed by atoms with Gasteiger partial charge in [-0.15, -0.1) is 0 Å². The first-order valence-corrected chi connectivity index (χ1v) is 25.6. The van der Waals surface area contributed by atoms with Crippen molar-refractivity contribution >= 4 is 57.1 Å². The molecule has 2 saturated carbocycles. The number of carbonyl (C=O) groups is 2. The molecule has 0 spiro atoms. The number of benzene rings is 2. The summed E-state index contributed by atoms with van der Waals surface area (Å²) in [5, 5.41) is 54.5. The fourth-order valence-corrected chi connectivity index (χ4v) is 10.0. The van der Waals surface area contributed by atoms with Gasteiger partial charge in [-0.3, -0.25) is 0 Å². The first-order chi connectivity index (χ1) is 35.1. The van der Waals surface area contributed by atoms with Crippen LogP contribution >= 0.6 is 0 Å². The van der Waals surface area contributed by atoms with Crippen molar-refractivity contribution in [2.24, 2.45) is 11.8 Å². The predicted octanol–water partition coefficient (Wildman–Crippen LogP) is 5.47. The van der Waals surface area contributed by atoms with Crippen LogP contribution in [0.25, 0.3) is 22.3 Å². The van der Waals surface area contributed by atoms with Gasteiger partial charge in [0.25, 0.3) is 0 Å². The Morgan fingerprint density at radius 2 is 0.946 bits per heavy atom. The standard InChI is InChI=1S/2C27H39N7O3/c2*1-27(2,3)18-6-8-19(9-7-18)32-26(37)30-11-5-13-33(4)15-17-14-21(24(36)23(17)35)34-16-31-22-20(28)10-12-29-25(22)34/h2*6-10,12,16-17,21,23-24,35-36H,5,11,13-15H2,1-4H3,(H2,28,29)(H2,30,32,37)/t17-,21+,23+,24-;17-,21-,23-,24+/m01/s1. The summed E-state index contributed by atoms with van der Waals surface area (Å²) >= 11 is 0. The van der Waals surface area contributed by atoms with E-state index in [2.05, 4.69) is 92.5 Å². The summed E-state index contributed by atoms with van der Waals surface area (Å²) in [7, 11) is 3.97. The minimum Gasteiger partial charge on any atom is -0.397 e. The van der Waals surface area contributed by atoms with Crippen molar-refractivity contribution in [2.45, 2.75) is 115 Å². The summed E-state index contributed by atoms with van der Waals surface area (Å²) in [6.07, 6.45) is 5.71. The summed E-state index contributed by atoms with van der Waals surface area (Å²) in [4.78, 5) is 46.2. The average Bonchev–Trinajstić information content (AvgIpc) is 4.12. The molecular formula is C54H78N14O6. The van der Waals surface area contributed by atoms with Gasteiger partial charge in [0.15, 0.2) is 11.3 Å². The third kappa shape index (κ3) is 13.6. The van der Waals surface area contributed by atoms with Crippen molar-refractivity contribution in [3.05, 3.63) is 96.8 Å². The molecule has 2 aliphatic carbocycles. The molecule has 6 aromatic rings. The quantitative estimate of drug-likeness (QED) is 0.0538. The molecule has 20 heteroatoms. The summed E-state index contributed by atoms with van der Waals surface area (Å²) in [6, 6.07) is 18.1. The van der Waals surface area contributed by atoms with Gasteiger partial charge in [-0.1, -0.05) is 65.8 Å². The van der Waals surface area contributed by atoms with Gasteiger partial charge in [0.1, 0.15) is 23.2 Å². The Hall–Kier alpha value is -6.42. The van der Waals surface area contributed by atoms with Gasteiger partial charge in [-0.25, -0.2) is 29.5 Å². The highest BCUT2D eigenvalue weighted by atomic mass is 16.3. The van der Waals surface area contributed by atoms with Crippen molar-refractivity contribution in [3.8, 4) is 0 Å². The van der Waals surface area contributed by atoms with E-state index < -0.39 is 24.4 Å². The molecule has 4 aromatic heterocycles. The Kier molecular flexibility index (Phi) is 17.8. The van der Waals surface area contributed by atoms with E-state index in [0.717, 1.165) is 37.3 Å². The number of amides is 4. The molecule has 8 rings (SSSR count). The number of hydrogen-bond donors (Lipinski definition) is 10. The fourth-order valence-electron chi connectivity index (χ4n) is 10.0. The van der Waals surface area contributed by atoms with Gasteiger partial charge in [0.05, 0.1) is 48.3 Å². The molecule has 20 nitrogen and oxygen atoms in total. The highest BCUT2D eigenvalue weighted by Crippen LogP contribution is 2.39. The van der Waals surface area contributed by atoms with E-state index in [0.29, 0.717) is 72.7 Å². The minimum absolute atomic E-state index is 0.0694. The zero-order chi connectivity index (χ0) is 53.5. The number of nitrogens with zero attached hydrogens (tertiary/aromatic N) is 8. The molecule has 2 fully saturated rings. The Morgan fingerprint density at radius 3 is 1.30 bits per heavy atom. The van der Waals surface area contributed by atoms with Crippen LogP contribution in [0.3, 0.4) is 0 Å². The van der Waals surface area contributed by atoms with Crippen molar-refractivity contribution in [3.63, 3.8) is 0 Å². The van der Waals surface area contributed by atoms with Crippen LogP contribution < -0.4 is 32.7 Å². The Bertz CT molecular complexity index is 2600. The van der Waals surface area contributed by atoms with Crippen LogP contribution in [-0.4, -0.2) is 149 Å². The maximum atomic E-state index is 12.2. The van der Waals surface area contributed by atoms with Gasteiger partial charge in [-0.05, 0) is 111 Å². The fraction of sp³-hybridized carbons (Fsp3) is 0.519. The second kappa shape index (κ2) is 23.8. The normalized spacial score (nSPS) is 22.0. The van der Waals surface area contributed by atoms with Crippen LogP contribution in [0.5, 0.6) is 0 Å². The van der Waals surface area contributed by atoms with E-state index in [9.17, 15) is 30.0 Å². The molecule has 0 aliphatic heterocycles. The monoisotopic (exact) mass is 1020 g/mol. The van der Waals surface area contributed by atoms with Crippen molar-refractivity contribution in [1.29, 1.82) is 0 Å². The lowest BCUT2D eigenvalue weighted by atomic mass is 9.87. The number of rotatable bonds is 16. The predicted molar refractivity (Wildman–Crippen MR) is 291 cm³/mol. The molecule has 2 aromatic carbocycles. The van der Waals surface area contributed by atoms with Gasteiger partial charge in [-0.2, -0.15) is 0 Å². The van der Waals surface area contributed by atoms with Crippen LogP contribution in [0.4, 0.5) is 32.3 Å². The van der Waals surface area contributed by atoms with Gasteiger partial charge in [0, 0.05) is 61.8 Å². The second-order valence-electron chi connectivity index (χ2n) is 22.2. The summed E-state index contributed by atoms with van der Waals surface area (Å²) in [5.41, 5.74) is 19.6. The summed E-state index contributed by atoms with van der Waals surface area (Å²) in [5.74, 6) is -0.202. The van der Waals surface area contributed by atoms with Crippen LogP contribution in [-0.2, 0) is 10.8 Å². The van der Waals surface area contributed by atoms with E-state index in [1.807, 2.05) is 71.8 Å². The van der Waals surface area contributed by atoms with E-state index in [1.54, 1.807) is 37.2 Å². The number of urea groups is 2. The van der Waals surface area contributed by atoms with Gasteiger partial charge in [0.2, 0.25) is 0 Å². The van der Waals surface area contributed by atoms with Crippen LogP contribution in [0.15, 0.2) is 85.7 Å². The molecule has 0 bridgehead atoms. The molecule has 2 aliphatic rings. The topological polar surface area (TPSA) is 283 Å². The number of carbonyl (C=O) groups excluding carboxylic acids is 2. The molecule has 8 atom stereocenters. The molecule has 400 valence electrons. The highest BCUT2D eigenvalue weighted by Gasteiger charge is 2.44. The van der Waals surface area contributed by atoms with Crippen molar-refractivity contribution in [1.82, 2.24) is 49.5 Å². The van der Waals surface area contributed by atoms with E-state index in [1.165, 1.54) is 11.1 Å². The van der Waals surface area contributed by atoms with E-state index in [4.69, 9.17) is 11.5 Å². The molecule has 0 unspecified atom stereocenters. The number of hydrogen-bond acceptors (Lipinski definition) is 14. The number of aromatic nitrogens is 6. The summed E-state index contributed by atoms with van der Waals surface area (Å²) < 4.78 is 3.64. The number of nitrogens with one attached hydrogen (secondary N) is 4. The van der Waals surface area contributed by atoms with Crippen LogP contribution in [0.1, 0.15) is 90.4 Å². The summed E-state index contributed by atoms with van der Waals surface area (Å²) in [6.45, 7) is 16.7. The molecule has 4 amide bonds. The molecule has 12 N–H and O–H groups in total. The lowest BCUT2D eigenvalue weighted by Crippen LogP contribution is -2.36. The van der Waals surface area contributed by atoms with Crippen LogP contribution in [0.2, 0.25) is 0 Å². The smallest absolute Gasteiger partial charge is 0.319 e. The number of nitrogens with two attached hydrogens (primary N) is 2. The number of pyridine rings is 2. The van der Waals surface area contributed by atoms with Crippen molar-refractivity contribution < 1.29 is 30.0 Å². The van der Waals surface area contributed by atoms with Gasteiger partial charge < -0.3 is 72.1 Å². The second-order valence-corrected chi connectivity index (χ2v) is 22.2.